The highest BCUT2D eigenvalue weighted by Gasteiger charge is 2.66. The zero-order valence-electron chi connectivity index (χ0n) is 12.9. The van der Waals surface area contributed by atoms with Gasteiger partial charge in [-0.25, -0.2) is 0 Å². The van der Waals surface area contributed by atoms with Gasteiger partial charge in [-0.1, -0.05) is 66.7 Å². The zero-order valence-corrected chi connectivity index (χ0v) is 12.9. The van der Waals surface area contributed by atoms with Crippen LogP contribution in [0.5, 0.6) is 0 Å². The molecule has 1 nitrogen and oxygen atoms in total. The maximum atomic E-state index is 3.57. The lowest BCUT2D eigenvalue weighted by molar-refractivity contribution is 0.385. The Labute approximate surface area is 109 Å². The third-order valence-corrected chi connectivity index (χ3v) is 5.52. The van der Waals surface area contributed by atoms with Crippen molar-refractivity contribution in [3.63, 3.8) is 0 Å². The van der Waals surface area contributed by atoms with Crippen molar-refractivity contribution in [1.29, 1.82) is 0 Å². The second kappa shape index (κ2) is 5.73. The van der Waals surface area contributed by atoms with E-state index in [0.717, 1.165) is 12.0 Å². The Balaban J connectivity index is 2.31. The van der Waals surface area contributed by atoms with E-state index in [1.54, 1.807) is 0 Å². The van der Waals surface area contributed by atoms with Gasteiger partial charge < -0.3 is 5.32 Å². The minimum absolute atomic E-state index is 0.518. The van der Waals surface area contributed by atoms with Gasteiger partial charge in [-0.2, -0.15) is 0 Å². The second-order valence-corrected chi connectivity index (χ2v) is 7.02. The van der Waals surface area contributed by atoms with Crippen molar-refractivity contribution >= 4 is 0 Å². The normalized spacial score (nSPS) is 23.6. The molecular weight excluding hydrogens is 206 g/mol. The molecule has 1 fully saturated rings. The lowest BCUT2D eigenvalue weighted by Crippen LogP contribution is -2.30. The summed E-state index contributed by atoms with van der Waals surface area (Å²) in [6.45, 7) is 12.0. The van der Waals surface area contributed by atoms with Crippen molar-refractivity contribution in [2.24, 2.45) is 16.7 Å². The van der Waals surface area contributed by atoms with E-state index in [2.05, 4.69) is 47.0 Å². The first-order chi connectivity index (χ1) is 7.89. The molecule has 0 spiro atoms. The minimum atomic E-state index is 0.518. The van der Waals surface area contributed by atoms with Crippen molar-refractivity contribution in [2.75, 3.05) is 7.05 Å². The molecule has 17 heavy (non-hydrogen) atoms. The molecule has 0 aromatic rings. The molecule has 1 rings (SSSR count). The maximum Gasteiger partial charge on any atom is 0.0103 e. The van der Waals surface area contributed by atoms with Gasteiger partial charge in [0.2, 0.25) is 0 Å². The van der Waals surface area contributed by atoms with Crippen LogP contribution in [0.4, 0.5) is 0 Å². The van der Waals surface area contributed by atoms with E-state index in [-0.39, 0.29) is 0 Å². The second-order valence-electron chi connectivity index (χ2n) is 7.02. The number of rotatable bonds is 8. The molecule has 1 unspecified atom stereocenters. The topological polar surface area (TPSA) is 12.0 Å². The van der Waals surface area contributed by atoms with Crippen molar-refractivity contribution < 1.29 is 0 Å². The summed E-state index contributed by atoms with van der Waals surface area (Å²) in [5.41, 5.74) is 1.04. The highest BCUT2D eigenvalue weighted by atomic mass is 14.9. The molecule has 1 saturated carbocycles. The van der Waals surface area contributed by atoms with Crippen LogP contribution in [0, 0.1) is 16.7 Å². The molecule has 0 saturated heterocycles. The summed E-state index contributed by atoms with van der Waals surface area (Å²) >= 11 is 0. The van der Waals surface area contributed by atoms with Crippen molar-refractivity contribution in [2.45, 2.75) is 79.2 Å². The summed E-state index contributed by atoms with van der Waals surface area (Å²) in [5.74, 6) is 0.853. The fourth-order valence-electron chi connectivity index (χ4n) is 3.70. The average Bonchev–Trinajstić information content (AvgIpc) is 2.65. The van der Waals surface area contributed by atoms with Crippen LogP contribution in [0.25, 0.3) is 0 Å². The number of unbranched alkanes of at least 4 members (excludes halogenated alkanes) is 4. The van der Waals surface area contributed by atoms with E-state index in [1.807, 2.05) is 0 Å². The Bertz CT molecular complexity index is 216. The molecule has 0 heterocycles. The van der Waals surface area contributed by atoms with E-state index < -0.39 is 0 Å². The number of hydrogen-bond donors (Lipinski definition) is 1. The molecular formula is C16H33N. The number of nitrogens with one attached hydrogen (secondary N) is 1. The first kappa shape index (κ1) is 15.0. The van der Waals surface area contributed by atoms with E-state index in [1.165, 1.54) is 38.5 Å². The predicted molar refractivity (Wildman–Crippen MR) is 77.3 cm³/mol. The van der Waals surface area contributed by atoms with E-state index in [0.29, 0.717) is 10.8 Å². The third-order valence-electron chi connectivity index (χ3n) is 5.52. The molecule has 0 bridgehead atoms. The molecule has 102 valence electrons. The molecule has 0 aliphatic heterocycles. The molecule has 1 aliphatic carbocycles. The van der Waals surface area contributed by atoms with Gasteiger partial charge in [0.15, 0.2) is 0 Å². The van der Waals surface area contributed by atoms with Gasteiger partial charge in [0, 0.05) is 6.04 Å². The fraction of sp³-hybridized carbons (Fsp3) is 1.00. The fourth-order valence-corrected chi connectivity index (χ4v) is 3.70. The molecule has 0 amide bonds. The van der Waals surface area contributed by atoms with Crippen LogP contribution in [0.1, 0.15) is 73.1 Å². The van der Waals surface area contributed by atoms with E-state index in [4.69, 9.17) is 0 Å². The summed E-state index contributed by atoms with van der Waals surface area (Å²) in [5, 5.41) is 3.57. The summed E-state index contributed by atoms with van der Waals surface area (Å²) in [4.78, 5) is 0. The molecule has 1 N–H and O–H groups in total. The van der Waals surface area contributed by atoms with Crippen molar-refractivity contribution in [3.8, 4) is 0 Å². The monoisotopic (exact) mass is 239 g/mol. The third kappa shape index (κ3) is 3.05. The quantitative estimate of drug-likeness (QED) is 0.610. The van der Waals surface area contributed by atoms with Crippen LogP contribution < -0.4 is 5.32 Å². The molecule has 0 aromatic carbocycles. The highest BCUT2D eigenvalue weighted by molar-refractivity contribution is 5.15. The molecule has 1 aliphatic rings. The highest BCUT2D eigenvalue weighted by Crippen LogP contribution is 2.69. The summed E-state index contributed by atoms with van der Waals surface area (Å²) in [6, 6.07) is 0.724. The van der Waals surface area contributed by atoms with Crippen LogP contribution >= 0.6 is 0 Å². The van der Waals surface area contributed by atoms with Gasteiger partial charge in [0.05, 0.1) is 0 Å². The lowest BCUT2D eigenvalue weighted by atomic mass is 9.98. The smallest absolute Gasteiger partial charge is 0.0103 e. The number of hydrogen-bond acceptors (Lipinski definition) is 1. The average molecular weight is 239 g/mol. The molecule has 0 radical (unpaired) electrons. The molecule has 0 aromatic heterocycles. The maximum absolute atomic E-state index is 3.57. The van der Waals surface area contributed by atoms with Crippen molar-refractivity contribution in [3.05, 3.63) is 0 Å². The Kier molecular flexibility index (Phi) is 5.07. The first-order valence-electron chi connectivity index (χ1n) is 7.56. The van der Waals surface area contributed by atoms with Crippen LogP contribution in [0.15, 0.2) is 0 Å². The van der Waals surface area contributed by atoms with Crippen molar-refractivity contribution in [1.82, 2.24) is 5.32 Å². The van der Waals surface area contributed by atoms with Crippen LogP contribution in [0.3, 0.4) is 0 Å². The summed E-state index contributed by atoms with van der Waals surface area (Å²) in [7, 11) is 2.14. The van der Waals surface area contributed by atoms with Gasteiger partial charge >= 0.3 is 0 Å². The van der Waals surface area contributed by atoms with Crippen LogP contribution in [-0.2, 0) is 0 Å². The van der Waals surface area contributed by atoms with E-state index >= 15 is 0 Å². The Morgan fingerprint density at radius 3 is 1.88 bits per heavy atom. The molecule has 1 heteroatoms. The SMILES string of the molecule is CCCCCCCC(NC)C1C(C)(C)C1(C)C. The van der Waals surface area contributed by atoms with E-state index in [9.17, 15) is 0 Å². The minimum Gasteiger partial charge on any atom is -0.317 e. The molecule has 1 atom stereocenters. The zero-order chi connectivity index (χ0) is 13.1. The van der Waals surface area contributed by atoms with Gasteiger partial charge in [0.25, 0.3) is 0 Å². The standard InChI is InChI=1S/C16H33N/c1-7-8-9-10-11-12-13(17-6)14-15(2,3)16(14,4)5/h13-14,17H,7-12H2,1-6H3. The van der Waals surface area contributed by atoms with Crippen LogP contribution in [-0.4, -0.2) is 13.1 Å². The summed E-state index contributed by atoms with van der Waals surface area (Å²) in [6.07, 6.45) is 8.35. The van der Waals surface area contributed by atoms with Gasteiger partial charge in [-0.3, -0.25) is 0 Å². The largest absolute Gasteiger partial charge is 0.317 e. The van der Waals surface area contributed by atoms with Gasteiger partial charge in [-0.05, 0) is 30.2 Å². The predicted octanol–water partition coefficient (Wildman–Crippen LogP) is 4.62. The van der Waals surface area contributed by atoms with Crippen LogP contribution in [0.2, 0.25) is 0 Å². The Morgan fingerprint density at radius 1 is 0.941 bits per heavy atom. The van der Waals surface area contributed by atoms with Gasteiger partial charge in [-0.15, -0.1) is 0 Å². The lowest BCUT2D eigenvalue weighted by Gasteiger charge is -2.18. The first-order valence-corrected chi connectivity index (χ1v) is 7.56. The Morgan fingerprint density at radius 2 is 1.47 bits per heavy atom. The Hall–Kier alpha value is -0.0400. The van der Waals surface area contributed by atoms with Gasteiger partial charge in [0.1, 0.15) is 0 Å². The summed E-state index contributed by atoms with van der Waals surface area (Å²) < 4.78 is 0.